The number of carbonyl (C=O) groups is 2. The molecule has 0 saturated carbocycles. The molecule has 0 fully saturated rings. The third kappa shape index (κ3) is 8.39. The van der Waals surface area contributed by atoms with E-state index < -0.39 is 35.3 Å². The van der Waals surface area contributed by atoms with Crippen molar-refractivity contribution in [2.45, 2.75) is 52.1 Å². The molecule has 33 heavy (non-hydrogen) atoms. The number of benzene rings is 1. The number of nitrogens with two attached hydrogens (primary N) is 1. The molecule has 2 amide bonds. The summed E-state index contributed by atoms with van der Waals surface area (Å²) in [6.45, 7) is 8.02. The molecule has 12 heteroatoms. The number of nitrogens with one attached hydrogen (secondary N) is 2. The summed E-state index contributed by atoms with van der Waals surface area (Å²) in [6, 6.07) is 7.63. The average Bonchev–Trinajstić information content (AvgIpc) is 2.60. The number of halogens is 3. The van der Waals surface area contributed by atoms with Crippen LogP contribution in [0.4, 0.5) is 29.5 Å². The van der Waals surface area contributed by atoms with E-state index in [1.54, 1.807) is 20.8 Å². The Morgan fingerprint density at radius 1 is 1.00 bits per heavy atom. The van der Waals surface area contributed by atoms with Crippen molar-refractivity contribution >= 4 is 23.5 Å². The highest BCUT2D eigenvalue weighted by Gasteiger charge is 2.32. The van der Waals surface area contributed by atoms with Gasteiger partial charge >= 0.3 is 12.5 Å². The van der Waals surface area contributed by atoms with Crippen LogP contribution in [-0.2, 0) is 9.53 Å². The highest BCUT2D eigenvalue weighted by Crippen LogP contribution is 2.29. The molecule has 0 spiro atoms. The molecule has 0 bridgehead atoms. The molecule has 4 N–H and O–H groups in total. The Hall–Kier alpha value is -3.70. The van der Waals surface area contributed by atoms with Gasteiger partial charge in [0, 0.05) is 12.1 Å². The van der Waals surface area contributed by atoms with E-state index in [0.717, 1.165) is 12.1 Å². The van der Waals surface area contributed by atoms with Crippen molar-refractivity contribution in [2.75, 3.05) is 11.1 Å². The summed E-state index contributed by atoms with van der Waals surface area (Å²) in [5.41, 5.74) is 3.93. The zero-order valence-electron chi connectivity index (χ0n) is 18.7. The fourth-order valence-corrected chi connectivity index (χ4v) is 2.37. The SMILES string of the molecule is CC(C)(C)OC(=O)NC(C)(C)C(=O)Nc1ccc(Oc2cccc(OC(F)(F)F)c2)nc1N. The number of ether oxygens (including phenoxy) is 3. The van der Waals surface area contributed by atoms with Crippen LogP contribution in [0.3, 0.4) is 0 Å². The van der Waals surface area contributed by atoms with Gasteiger partial charge in [0.25, 0.3) is 0 Å². The zero-order chi connectivity index (χ0) is 25.0. The molecule has 1 aromatic carbocycles. The maximum absolute atomic E-state index is 12.6. The lowest BCUT2D eigenvalue weighted by molar-refractivity contribution is -0.274. The van der Waals surface area contributed by atoms with Crippen LogP contribution in [0.25, 0.3) is 0 Å². The number of hydrogen-bond acceptors (Lipinski definition) is 7. The number of pyridine rings is 1. The van der Waals surface area contributed by atoms with Gasteiger partial charge in [-0.3, -0.25) is 4.79 Å². The van der Waals surface area contributed by atoms with E-state index >= 15 is 0 Å². The van der Waals surface area contributed by atoms with Gasteiger partial charge in [-0.1, -0.05) is 6.07 Å². The van der Waals surface area contributed by atoms with E-state index in [-0.39, 0.29) is 23.1 Å². The predicted molar refractivity (Wildman–Crippen MR) is 114 cm³/mol. The molecule has 0 unspecified atom stereocenters. The van der Waals surface area contributed by atoms with Crippen molar-refractivity contribution in [3.8, 4) is 17.4 Å². The van der Waals surface area contributed by atoms with E-state index in [1.165, 1.54) is 38.1 Å². The fraction of sp³-hybridized carbons (Fsp3) is 0.381. The first kappa shape index (κ1) is 25.6. The van der Waals surface area contributed by atoms with Gasteiger partial charge in [-0.2, -0.15) is 4.98 Å². The Kier molecular flexibility index (Phi) is 7.30. The molecule has 180 valence electrons. The molecular weight excluding hydrogens is 445 g/mol. The van der Waals surface area contributed by atoms with Crippen LogP contribution < -0.4 is 25.8 Å². The number of nitrogen functional groups attached to an aromatic ring is 1. The van der Waals surface area contributed by atoms with Gasteiger partial charge < -0.3 is 30.6 Å². The number of carbonyl (C=O) groups excluding carboxylic acids is 2. The molecule has 0 aliphatic heterocycles. The summed E-state index contributed by atoms with van der Waals surface area (Å²) >= 11 is 0. The van der Waals surface area contributed by atoms with Gasteiger partial charge in [0.2, 0.25) is 11.8 Å². The molecule has 0 saturated heterocycles. The van der Waals surface area contributed by atoms with Crippen molar-refractivity contribution < 1.29 is 37.0 Å². The molecule has 1 heterocycles. The van der Waals surface area contributed by atoms with Gasteiger partial charge in [-0.15, -0.1) is 13.2 Å². The number of hydrogen-bond donors (Lipinski definition) is 3. The number of anilines is 2. The van der Waals surface area contributed by atoms with E-state index in [9.17, 15) is 22.8 Å². The highest BCUT2D eigenvalue weighted by atomic mass is 19.4. The van der Waals surface area contributed by atoms with Gasteiger partial charge in [0.05, 0.1) is 5.69 Å². The Morgan fingerprint density at radius 3 is 2.21 bits per heavy atom. The minimum Gasteiger partial charge on any atom is -0.444 e. The molecule has 2 rings (SSSR count). The second-order valence-electron chi connectivity index (χ2n) is 8.41. The summed E-state index contributed by atoms with van der Waals surface area (Å²) in [5.74, 6) is -1.16. The molecule has 1 aromatic heterocycles. The molecule has 0 radical (unpaired) electrons. The Bertz CT molecular complexity index is 1020. The summed E-state index contributed by atoms with van der Waals surface area (Å²) in [6.07, 6.45) is -5.61. The lowest BCUT2D eigenvalue weighted by atomic mass is 10.0. The highest BCUT2D eigenvalue weighted by molar-refractivity contribution is 6.00. The minimum atomic E-state index is -4.84. The summed E-state index contributed by atoms with van der Waals surface area (Å²) < 4.78 is 51.5. The van der Waals surface area contributed by atoms with Crippen molar-refractivity contribution in [3.63, 3.8) is 0 Å². The number of nitrogens with zero attached hydrogens (tertiary/aromatic N) is 1. The molecule has 0 aliphatic rings. The van der Waals surface area contributed by atoms with Crippen molar-refractivity contribution in [3.05, 3.63) is 36.4 Å². The number of alkyl halides is 3. The molecule has 2 aromatic rings. The van der Waals surface area contributed by atoms with Gasteiger partial charge in [0.15, 0.2) is 5.82 Å². The van der Waals surface area contributed by atoms with Crippen molar-refractivity contribution in [1.82, 2.24) is 10.3 Å². The van der Waals surface area contributed by atoms with Crippen LogP contribution in [-0.4, -0.2) is 34.5 Å². The summed E-state index contributed by atoms with van der Waals surface area (Å²) in [5, 5.41) is 5.01. The molecular formula is C21H25F3N4O5. The number of aromatic nitrogens is 1. The second-order valence-corrected chi connectivity index (χ2v) is 8.41. The van der Waals surface area contributed by atoms with Crippen LogP contribution in [0.2, 0.25) is 0 Å². The standard InChI is InChI=1S/C21H25F3N4O5/c1-19(2,3)33-18(30)28-20(4,5)17(29)26-14-9-10-15(27-16(14)25)31-12-7-6-8-13(11-12)32-21(22,23)24/h6-11H,1-5H3,(H2,25,27)(H,26,29)(H,28,30). The zero-order valence-corrected chi connectivity index (χ0v) is 18.7. The minimum absolute atomic E-state index is 0.0270. The van der Waals surface area contributed by atoms with E-state index in [4.69, 9.17) is 15.2 Å². The first-order chi connectivity index (χ1) is 15.0. The van der Waals surface area contributed by atoms with Gasteiger partial charge in [-0.25, -0.2) is 4.79 Å². The number of alkyl carbamates (subject to hydrolysis) is 1. The molecule has 0 aliphatic carbocycles. The van der Waals surface area contributed by atoms with Crippen LogP contribution >= 0.6 is 0 Å². The largest absolute Gasteiger partial charge is 0.573 e. The Balaban J connectivity index is 2.06. The maximum atomic E-state index is 12.6. The second kappa shape index (κ2) is 9.43. The van der Waals surface area contributed by atoms with Gasteiger partial charge in [0.1, 0.15) is 22.6 Å². The van der Waals surface area contributed by atoms with Crippen LogP contribution in [0.5, 0.6) is 17.4 Å². The average molecular weight is 470 g/mol. The van der Waals surface area contributed by atoms with E-state index in [1.807, 2.05) is 0 Å². The number of rotatable bonds is 6. The fourth-order valence-electron chi connectivity index (χ4n) is 2.37. The van der Waals surface area contributed by atoms with Crippen molar-refractivity contribution in [2.24, 2.45) is 0 Å². The Morgan fingerprint density at radius 2 is 1.64 bits per heavy atom. The molecule has 0 atom stereocenters. The quantitative estimate of drug-likeness (QED) is 0.564. The summed E-state index contributed by atoms with van der Waals surface area (Å²) in [7, 11) is 0. The lowest BCUT2D eigenvalue weighted by Crippen LogP contribution is -2.53. The summed E-state index contributed by atoms with van der Waals surface area (Å²) in [4.78, 5) is 28.6. The first-order valence-electron chi connectivity index (χ1n) is 9.67. The topological polar surface area (TPSA) is 125 Å². The van der Waals surface area contributed by atoms with Gasteiger partial charge in [-0.05, 0) is 52.8 Å². The number of amides is 2. The smallest absolute Gasteiger partial charge is 0.444 e. The first-order valence-corrected chi connectivity index (χ1v) is 9.67. The van der Waals surface area contributed by atoms with E-state index in [0.29, 0.717) is 0 Å². The van der Waals surface area contributed by atoms with Crippen LogP contribution in [0.1, 0.15) is 34.6 Å². The normalized spacial score (nSPS) is 12.0. The van der Waals surface area contributed by atoms with Crippen LogP contribution in [0, 0.1) is 0 Å². The Labute approximate surface area is 188 Å². The third-order valence-corrected chi connectivity index (χ3v) is 3.79. The van der Waals surface area contributed by atoms with E-state index in [2.05, 4.69) is 20.4 Å². The molecule has 9 nitrogen and oxygen atoms in total. The third-order valence-electron chi connectivity index (χ3n) is 3.79. The lowest BCUT2D eigenvalue weighted by Gasteiger charge is -2.27. The predicted octanol–water partition coefficient (Wildman–Crippen LogP) is 4.60. The van der Waals surface area contributed by atoms with Crippen molar-refractivity contribution in [1.29, 1.82) is 0 Å². The maximum Gasteiger partial charge on any atom is 0.573 e. The monoisotopic (exact) mass is 470 g/mol. The van der Waals surface area contributed by atoms with Crippen LogP contribution in [0.15, 0.2) is 36.4 Å².